The zero-order chi connectivity index (χ0) is 115. The topological polar surface area (TPSA) is 54.0 Å². The van der Waals surface area contributed by atoms with E-state index in [2.05, 4.69) is 19.9 Å². The first-order chi connectivity index (χ1) is 65.3. The molecule has 5 heterocycles. The predicted molar refractivity (Wildman–Crippen MR) is 357 cm³/mol. The molecule has 0 amide bonds. The number of hydrogen-bond acceptors (Lipinski definition) is 2. The summed E-state index contributed by atoms with van der Waals surface area (Å²) in [5.74, 6) is -272. The summed E-state index contributed by atoms with van der Waals surface area (Å²) in [6.07, 6.45) is -39.0. The van der Waals surface area contributed by atoms with Crippen molar-refractivity contribution in [1.82, 2.24) is 19.9 Å². The number of alkyl halides is 68. The minimum atomic E-state index is -10.1. The molecule has 0 unspecified atom stereocenters. The van der Waals surface area contributed by atoms with Gasteiger partial charge in [-0.25, -0.2) is 9.97 Å². The second-order valence-electron chi connectivity index (χ2n) is 30.7. The third kappa shape index (κ3) is 16.2. The van der Waals surface area contributed by atoms with Crippen molar-refractivity contribution in [2.75, 3.05) is 0 Å². The molecule has 8 bridgehead atoms. The molecule has 0 saturated carbocycles. The van der Waals surface area contributed by atoms with Crippen molar-refractivity contribution in [3.63, 3.8) is 0 Å². The molecule has 2 aliphatic heterocycles. The molecule has 73 heteroatoms. The van der Waals surface area contributed by atoms with E-state index in [0.717, 1.165) is 0 Å². The number of nitrogens with zero attached hydrogens (tertiary/aromatic N) is 4. The number of rotatable bonds is 32. The Morgan fingerprint density at radius 3 is 0.483 bits per heavy atom. The van der Waals surface area contributed by atoms with Gasteiger partial charge in [0.1, 0.15) is 0 Å². The first-order valence-electron chi connectivity index (χ1n) is 36.6. The van der Waals surface area contributed by atoms with Crippen LogP contribution in [0, 0.1) is 0 Å². The second-order valence-corrected chi connectivity index (χ2v) is 30.7. The van der Waals surface area contributed by atoms with Crippen LogP contribution in [0.25, 0.3) is 89.9 Å². The van der Waals surface area contributed by atoms with Gasteiger partial charge >= 0.3 is 207 Å². The molecular weight excluding hydrogens is 2320 g/mol. The van der Waals surface area contributed by atoms with Crippen LogP contribution < -0.4 is 9.97 Å². The van der Waals surface area contributed by atoms with Crippen LogP contribution in [-0.2, 0) is 28.3 Å². The van der Waals surface area contributed by atoms with Crippen LogP contribution in [0.1, 0.15) is 33.9 Å². The van der Waals surface area contributed by atoms with Crippen LogP contribution in [0.2, 0.25) is 0 Å². The third-order valence-electron chi connectivity index (χ3n) is 21.5. The molecule has 834 valence electrons. The summed E-state index contributed by atoms with van der Waals surface area (Å²) in [5, 5.41) is 0. The van der Waals surface area contributed by atoms with Crippen molar-refractivity contribution in [3.8, 4) is 44.5 Å². The van der Waals surface area contributed by atoms with Gasteiger partial charge in [-0.15, -0.1) is 22.1 Å². The van der Waals surface area contributed by atoms with Crippen molar-refractivity contribution in [1.29, 1.82) is 0 Å². The molecule has 2 aliphatic rings. The Hall–Kier alpha value is -10.8. The first-order valence-corrected chi connectivity index (χ1v) is 36.6. The summed E-state index contributed by atoms with van der Waals surface area (Å²) in [4.78, 5) is 10.7. The van der Waals surface area contributed by atoms with E-state index in [1.54, 1.807) is 0 Å². The summed E-state index contributed by atoms with van der Waals surface area (Å²) >= 11 is 0. The molecule has 7 aromatic rings. The number of allylic oxidation sites excluding steroid dienone is 2. The van der Waals surface area contributed by atoms with Gasteiger partial charge < -0.3 is 9.97 Å². The fourth-order valence-electron chi connectivity index (χ4n) is 13.3. The maximum atomic E-state index is 18.2. The number of benzene rings is 4. The van der Waals surface area contributed by atoms with Gasteiger partial charge in [-0.1, -0.05) is 133 Å². The fraction of sp³-hybridized carbons (Fsp3) is 0.421. The summed E-state index contributed by atoms with van der Waals surface area (Å²) in [5.41, 5.74) is -71.2. The molecular formula is C76H24F68N4Ni. The van der Waals surface area contributed by atoms with Crippen molar-refractivity contribution in [2.45, 2.75) is 191 Å². The largest absolute Gasteiger partial charge is 2.00 e. The number of halogens is 68. The van der Waals surface area contributed by atoms with Crippen LogP contribution in [0.15, 0.2) is 133 Å². The maximum Gasteiger partial charge on any atom is 2.00 e. The monoisotopic (exact) mass is 2340 g/mol. The SMILES string of the molecule is FC(F)(F)C(F)(F)C(F)(F)C(F)(F)C(F)(F)C(F)(F)C(F)(F)C(F)(F)C1=Cc2nc1c(-c1ccccc1)c1cc(C(F)(F)C(F)(F)C(F)(F)C(F)(F)C(F)(F)C(F)(F)C(F)(F)C(F)(F)F)c([n-]1)c(-c1ccccc1)c1nc(c(-c3ccccc3)c3cc(C(F)(F)C(F)(F)C(F)(F)C(F)(F)C(F)(F)C(F)(F)C(F)(F)C(F)(F)F)c([n-]3)c2-c2ccccc2)C(C(F)(F)C(F)(F)C(F)(F)C(F)(F)C(F)(F)C(F)(F)C(F)(F)C(F)(F)F)=C1.[Ni+2]. The van der Waals surface area contributed by atoms with Crippen LogP contribution in [0.5, 0.6) is 0 Å². The van der Waals surface area contributed by atoms with Crippen LogP contribution >= 0.6 is 0 Å². The van der Waals surface area contributed by atoms with Crippen LogP contribution in [-0.4, -0.2) is 189 Å². The van der Waals surface area contributed by atoms with Crippen LogP contribution in [0.4, 0.5) is 299 Å². The summed E-state index contributed by atoms with van der Waals surface area (Å²) in [6.45, 7) is 0. The standard InChI is InChI=1S/C76H24F68N4.Ni/c77-45(78,49(85,86)53(93,94)57(101,102)61(109,110)65(117,118)69(125,126)73(133,134)135)29-22-34-38(26-15-7-2-8-16-26)43-31(47(81,82)51(89,90)55(97,98)59(105,106)63(113,114)67(121,122)71(129,130)75(139,140)141)24-36(148-43)40(28-19-11-4-12-20-28)44-32(48(83,84)52(91,92)56(99,100)60(107,108)64(115,116)68(123,124)72(131,132)76(142,143)144)23-35(147-44)39(27-17-9-3-10-18-27)42-30(21-33(145-42)37(41(29)146-34)25-13-5-1-6-14-25)46(79,80)50(87,88)54(95,96)58(103,104)62(111,112)66(119,120)70(127,128)74(136,137)138;/h1-24H;/q-2;+2. The molecule has 149 heavy (non-hydrogen) atoms. The van der Waals surface area contributed by atoms with Crippen molar-refractivity contribution in [3.05, 3.63) is 167 Å². The van der Waals surface area contributed by atoms with Crippen molar-refractivity contribution >= 4 is 45.4 Å². The second kappa shape index (κ2) is 35.1. The normalized spacial score (nSPS) is 15.9. The van der Waals surface area contributed by atoms with Gasteiger partial charge in [0.15, 0.2) is 0 Å². The van der Waals surface area contributed by atoms with E-state index in [9.17, 15) is 123 Å². The Morgan fingerprint density at radius 2 is 0.315 bits per heavy atom. The van der Waals surface area contributed by atoms with E-state index in [-0.39, 0.29) is 89.3 Å². The summed E-state index contributed by atoms with van der Waals surface area (Å²) in [6, 6.07) is -8.52. The van der Waals surface area contributed by atoms with Crippen molar-refractivity contribution < 1.29 is 315 Å². The number of fused-ring (bicyclic) bond motifs is 8. The van der Waals surface area contributed by atoms with E-state index < -0.39 is 375 Å². The Labute approximate surface area is 781 Å². The summed E-state index contributed by atoms with van der Waals surface area (Å²) in [7, 11) is 0. The molecule has 4 aromatic carbocycles. The average molecular weight is 2340 g/mol. The van der Waals surface area contributed by atoms with Crippen LogP contribution in [0.3, 0.4) is 0 Å². The van der Waals surface area contributed by atoms with Gasteiger partial charge in [-0.2, -0.15) is 299 Å². The molecule has 0 saturated heterocycles. The molecule has 9 rings (SSSR count). The molecule has 3 aromatic heterocycles. The fourth-order valence-corrected chi connectivity index (χ4v) is 13.3. The van der Waals surface area contributed by atoms with Gasteiger partial charge in [0.25, 0.3) is 0 Å². The Bertz CT molecular complexity index is 6040. The average Bonchev–Trinajstić information content (AvgIpc) is 1.58. The third-order valence-corrected chi connectivity index (χ3v) is 21.5. The molecule has 0 aliphatic carbocycles. The molecule has 0 N–H and O–H groups in total. The van der Waals surface area contributed by atoms with E-state index in [0.29, 0.717) is 0 Å². The van der Waals surface area contributed by atoms with Gasteiger partial charge in [0.05, 0.1) is 33.9 Å². The number of aromatic nitrogens is 4. The molecule has 0 radical (unpaired) electrons. The van der Waals surface area contributed by atoms with Gasteiger partial charge in [0.2, 0.25) is 0 Å². The molecule has 0 fully saturated rings. The summed E-state index contributed by atoms with van der Waals surface area (Å²) < 4.78 is 1060. The smallest absolute Gasteiger partial charge is 0.656 e. The van der Waals surface area contributed by atoms with Gasteiger partial charge in [-0.3, -0.25) is 0 Å². The minimum Gasteiger partial charge on any atom is -0.656 e. The maximum absolute atomic E-state index is 18.2. The Kier molecular flexibility index (Phi) is 29.1. The van der Waals surface area contributed by atoms with Crippen molar-refractivity contribution in [2.24, 2.45) is 0 Å². The van der Waals surface area contributed by atoms with Gasteiger partial charge in [0, 0.05) is 11.1 Å². The van der Waals surface area contributed by atoms with E-state index in [1.807, 2.05) is 0 Å². The zero-order valence-electron chi connectivity index (χ0n) is 67.7. The molecule has 4 nitrogen and oxygen atoms in total. The van der Waals surface area contributed by atoms with E-state index >= 15 is 176 Å². The quantitative estimate of drug-likeness (QED) is 0.0311. The molecule has 0 atom stereocenters. The molecule has 0 spiro atoms. The Morgan fingerprint density at radius 1 is 0.168 bits per heavy atom. The zero-order valence-corrected chi connectivity index (χ0v) is 68.7. The van der Waals surface area contributed by atoms with E-state index in [4.69, 9.17) is 0 Å². The van der Waals surface area contributed by atoms with Gasteiger partial charge in [-0.05, 0) is 56.7 Å². The number of hydrogen-bond donors (Lipinski definition) is 0. The first kappa shape index (κ1) is 123. The Balaban J connectivity index is 0.0000270. The minimum absolute atomic E-state index is 0. The predicted octanol–water partition coefficient (Wildman–Crippen LogP) is 32.3. The van der Waals surface area contributed by atoms with E-state index in [1.165, 1.54) is 0 Å².